The Morgan fingerprint density at radius 1 is 1.26 bits per heavy atom. The van der Waals surface area contributed by atoms with E-state index in [2.05, 4.69) is 46.1 Å². The molecule has 0 N–H and O–H groups in total. The molecule has 0 bridgehead atoms. The SMILES string of the molecule is Cc1cc(C(=O)CSc2nnc(Cc3cccs3)n2C)c(C)n1CCC1=CCCCC1. The number of hydrogen-bond donors (Lipinski definition) is 0. The second-order valence-electron chi connectivity index (χ2n) is 8.22. The fourth-order valence-corrected chi connectivity index (χ4v) is 5.73. The molecule has 164 valence electrons. The van der Waals surface area contributed by atoms with Crippen LogP contribution >= 0.6 is 23.1 Å². The molecule has 7 heteroatoms. The Balaban J connectivity index is 1.38. The van der Waals surface area contributed by atoms with Crippen LogP contribution in [0.4, 0.5) is 0 Å². The number of aromatic nitrogens is 4. The normalized spacial score (nSPS) is 14.1. The van der Waals surface area contributed by atoms with Crippen LogP contribution in [0.15, 0.2) is 40.4 Å². The number of Topliss-reactive ketones (excluding diaryl/α,β-unsaturated/α-hetero) is 1. The van der Waals surface area contributed by atoms with Gasteiger partial charge in [0.05, 0.1) is 5.75 Å². The molecule has 0 saturated carbocycles. The third kappa shape index (κ3) is 5.21. The third-order valence-corrected chi connectivity index (χ3v) is 7.98. The smallest absolute Gasteiger partial charge is 0.191 e. The van der Waals surface area contributed by atoms with E-state index in [1.54, 1.807) is 16.9 Å². The van der Waals surface area contributed by atoms with E-state index in [9.17, 15) is 4.79 Å². The van der Waals surface area contributed by atoms with Gasteiger partial charge in [-0.05, 0) is 63.5 Å². The first-order chi connectivity index (χ1) is 15.0. The van der Waals surface area contributed by atoms with E-state index in [0.717, 1.165) is 41.6 Å². The van der Waals surface area contributed by atoms with E-state index < -0.39 is 0 Å². The first kappa shape index (κ1) is 22.1. The lowest BCUT2D eigenvalue weighted by atomic mass is 9.97. The van der Waals surface area contributed by atoms with Gasteiger partial charge in [-0.3, -0.25) is 4.79 Å². The number of ketones is 1. The van der Waals surface area contributed by atoms with E-state index in [1.165, 1.54) is 48.0 Å². The van der Waals surface area contributed by atoms with E-state index >= 15 is 0 Å². The van der Waals surface area contributed by atoms with Gasteiger partial charge in [0.15, 0.2) is 10.9 Å². The number of rotatable bonds is 9. The summed E-state index contributed by atoms with van der Waals surface area (Å²) < 4.78 is 4.30. The van der Waals surface area contributed by atoms with E-state index in [0.29, 0.717) is 5.75 Å². The lowest BCUT2D eigenvalue weighted by Crippen LogP contribution is -2.08. The molecule has 0 fully saturated rings. The zero-order valence-corrected chi connectivity index (χ0v) is 20.2. The fourth-order valence-electron chi connectivity index (χ4n) is 4.22. The minimum Gasteiger partial charge on any atom is -0.348 e. The Morgan fingerprint density at radius 3 is 2.87 bits per heavy atom. The van der Waals surface area contributed by atoms with Crippen LogP contribution < -0.4 is 0 Å². The molecule has 4 rings (SSSR count). The van der Waals surface area contributed by atoms with Crippen molar-refractivity contribution in [1.82, 2.24) is 19.3 Å². The standard InChI is InChI=1S/C24H30N4OS2/c1-17-14-21(18(2)28(17)12-11-19-8-5-4-6-9-19)22(29)16-31-24-26-25-23(27(24)3)15-20-10-7-13-30-20/h7-8,10,13-14H,4-6,9,11-12,15-16H2,1-3H3. The van der Waals surface area contributed by atoms with Gasteiger partial charge in [0, 0.05) is 41.8 Å². The highest BCUT2D eigenvalue weighted by Crippen LogP contribution is 2.25. The second-order valence-corrected chi connectivity index (χ2v) is 10.2. The number of thioether (sulfide) groups is 1. The molecule has 0 aromatic carbocycles. The van der Waals surface area contributed by atoms with Crippen molar-refractivity contribution in [2.45, 2.75) is 64.1 Å². The molecular weight excluding hydrogens is 424 g/mol. The molecule has 0 saturated heterocycles. The van der Waals surface area contributed by atoms with E-state index in [1.807, 2.05) is 23.7 Å². The maximum absolute atomic E-state index is 13.0. The molecule has 0 spiro atoms. The van der Waals surface area contributed by atoms with Crippen molar-refractivity contribution in [3.63, 3.8) is 0 Å². The molecule has 3 aromatic rings. The molecule has 0 aliphatic heterocycles. The molecule has 0 radical (unpaired) electrons. The topological polar surface area (TPSA) is 52.7 Å². The minimum absolute atomic E-state index is 0.157. The molecule has 0 atom stereocenters. The van der Waals surface area contributed by atoms with Crippen LogP contribution in [0.5, 0.6) is 0 Å². The van der Waals surface area contributed by atoms with Gasteiger partial charge < -0.3 is 9.13 Å². The Bertz CT molecular complexity index is 1080. The van der Waals surface area contributed by atoms with Crippen LogP contribution in [0.1, 0.15) is 64.6 Å². The van der Waals surface area contributed by atoms with E-state index in [-0.39, 0.29) is 5.78 Å². The monoisotopic (exact) mass is 454 g/mol. The molecule has 5 nitrogen and oxygen atoms in total. The van der Waals surface area contributed by atoms with Gasteiger partial charge >= 0.3 is 0 Å². The highest BCUT2D eigenvalue weighted by atomic mass is 32.2. The fraction of sp³-hybridized carbons (Fsp3) is 0.458. The second kappa shape index (κ2) is 10.0. The molecular formula is C24H30N4OS2. The van der Waals surface area contributed by atoms with Crippen molar-refractivity contribution >= 4 is 28.9 Å². The van der Waals surface area contributed by atoms with Crippen LogP contribution in [0.25, 0.3) is 0 Å². The van der Waals surface area contributed by atoms with Crippen molar-refractivity contribution in [2.24, 2.45) is 7.05 Å². The van der Waals surface area contributed by atoms with Gasteiger partial charge in [-0.2, -0.15) is 0 Å². The summed E-state index contributed by atoms with van der Waals surface area (Å²) in [6.45, 7) is 5.13. The van der Waals surface area contributed by atoms with E-state index in [4.69, 9.17) is 0 Å². The van der Waals surface area contributed by atoms with Crippen molar-refractivity contribution < 1.29 is 4.79 Å². The predicted octanol–water partition coefficient (Wildman–Crippen LogP) is 5.75. The highest BCUT2D eigenvalue weighted by Gasteiger charge is 2.18. The van der Waals surface area contributed by atoms with Gasteiger partial charge in [0.25, 0.3) is 0 Å². The van der Waals surface area contributed by atoms with Crippen molar-refractivity contribution in [1.29, 1.82) is 0 Å². The Kier molecular flexibility index (Phi) is 7.13. The maximum Gasteiger partial charge on any atom is 0.191 e. The number of allylic oxidation sites excluding steroid dienone is 2. The molecule has 1 aliphatic rings. The maximum atomic E-state index is 13.0. The number of nitrogens with zero attached hydrogens (tertiary/aromatic N) is 4. The molecule has 0 amide bonds. The lowest BCUT2D eigenvalue weighted by Gasteiger charge is -2.15. The zero-order chi connectivity index (χ0) is 21.8. The van der Waals surface area contributed by atoms with Gasteiger partial charge in [-0.25, -0.2) is 0 Å². The average Bonchev–Trinajstić information content (AvgIpc) is 3.48. The average molecular weight is 455 g/mol. The number of carbonyl (C=O) groups excluding carboxylic acids is 1. The lowest BCUT2D eigenvalue weighted by molar-refractivity contribution is 0.102. The summed E-state index contributed by atoms with van der Waals surface area (Å²) in [7, 11) is 1.97. The summed E-state index contributed by atoms with van der Waals surface area (Å²) in [6, 6.07) is 6.20. The van der Waals surface area contributed by atoms with Crippen LogP contribution in [-0.2, 0) is 20.0 Å². The molecule has 3 heterocycles. The summed E-state index contributed by atoms with van der Waals surface area (Å²) in [5.41, 5.74) is 4.65. The Morgan fingerprint density at radius 2 is 2.13 bits per heavy atom. The number of thiophene rings is 1. The number of hydrogen-bond acceptors (Lipinski definition) is 5. The Labute approximate surface area is 192 Å². The van der Waals surface area contributed by atoms with Crippen molar-refractivity contribution in [3.8, 4) is 0 Å². The minimum atomic E-state index is 0.157. The van der Waals surface area contributed by atoms with Crippen LogP contribution in [0, 0.1) is 13.8 Å². The first-order valence-corrected chi connectivity index (χ1v) is 12.8. The highest BCUT2D eigenvalue weighted by molar-refractivity contribution is 7.99. The van der Waals surface area contributed by atoms with Crippen LogP contribution in [0.3, 0.4) is 0 Å². The summed E-state index contributed by atoms with van der Waals surface area (Å²) in [5, 5.41) is 11.5. The van der Waals surface area contributed by atoms with Crippen LogP contribution in [-0.4, -0.2) is 30.9 Å². The summed E-state index contributed by atoms with van der Waals surface area (Å²) >= 11 is 3.19. The van der Waals surface area contributed by atoms with Gasteiger partial charge in [-0.15, -0.1) is 21.5 Å². The first-order valence-electron chi connectivity index (χ1n) is 10.9. The molecule has 1 aliphatic carbocycles. The van der Waals surface area contributed by atoms with Gasteiger partial charge in [-0.1, -0.05) is 29.5 Å². The zero-order valence-electron chi connectivity index (χ0n) is 18.6. The van der Waals surface area contributed by atoms with Crippen molar-refractivity contribution in [2.75, 3.05) is 5.75 Å². The largest absolute Gasteiger partial charge is 0.348 e. The van der Waals surface area contributed by atoms with Gasteiger partial charge in [0.2, 0.25) is 0 Å². The van der Waals surface area contributed by atoms with Gasteiger partial charge in [0.1, 0.15) is 5.82 Å². The van der Waals surface area contributed by atoms with Crippen molar-refractivity contribution in [3.05, 3.63) is 62.9 Å². The quantitative estimate of drug-likeness (QED) is 0.235. The molecule has 0 unspecified atom stereocenters. The molecule has 3 aromatic heterocycles. The third-order valence-electron chi connectivity index (χ3n) is 6.09. The Hall–Kier alpha value is -2.12. The molecule has 31 heavy (non-hydrogen) atoms. The number of aryl methyl sites for hydroxylation is 1. The predicted molar refractivity (Wildman–Crippen MR) is 128 cm³/mol. The summed E-state index contributed by atoms with van der Waals surface area (Å²) in [4.78, 5) is 14.2. The summed E-state index contributed by atoms with van der Waals surface area (Å²) in [5.74, 6) is 1.46. The summed E-state index contributed by atoms with van der Waals surface area (Å²) in [6.07, 6.45) is 9.35. The number of carbonyl (C=O) groups is 1. The van der Waals surface area contributed by atoms with Crippen LogP contribution in [0.2, 0.25) is 0 Å².